The average Bonchev–Trinajstić information content (AvgIpc) is 2.60. The molecule has 0 spiro atoms. The van der Waals surface area contributed by atoms with Gasteiger partial charge in [0.05, 0.1) is 5.69 Å². The summed E-state index contributed by atoms with van der Waals surface area (Å²) in [7, 11) is 0. The molecule has 0 aliphatic carbocycles. The van der Waals surface area contributed by atoms with Crippen LogP contribution in [-0.4, -0.2) is 9.97 Å². The lowest BCUT2D eigenvalue weighted by Gasteiger charge is -2.11. The Kier molecular flexibility index (Phi) is 6.35. The first kappa shape index (κ1) is 20.5. The van der Waals surface area contributed by atoms with Gasteiger partial charge in [0.2, 0.25) is 0 Å². The zero-order valence-electron chi connectivity index (χ0n) is 13.4. The van der Waals surface area contributed by atoms with Crippen molar-refractivity contribution in [1.82, 2.24) is 9.97 Å². The highest BCUT2D eigenvalue weighted by molar-refractivity contribution is 9.10. The summed E-state index contributed by atoms with van der Waals surface area (Å²) in [5.41, 5.74) is 0.518. The fourth-order valence-corrected chi connectivity index (χ4v) is 3.87. The Bertz CT molecular complexity index is 966. The second-order valence-electron chi connectivity index (χ2n) is 5.45. The van der Waals surface area contributed by atoms with E-state index in [1.807, 2.05) is 0 Å². The van der Waals surface area contributed by atoms with Crippen molar-refractivity contribution in [2.45, 2.75) is 17.1 Å². The van der Waals surface area contributed by atoms with Crippen LogP contribution in [0.25, 0.3) is 11.3 Å². The summed E-state index contributed by atoms with van der Waals surface area (Å²) in [6, 6.07) is 12.8. The number of thioether (sulfide) groups is 1. The van der Waals surface area contributed by atoms with Gasteiger partial charge in [0.15, 0.2) is 5.16 Å². The van der Waals surface area contributed by atoms with E-state index in [1.54, 1.807) is 42.5 Å². The van der Waals surface area contributed by atoms with E-state index in [2.05, 4.69) is 25.9 Å². The second kappa shape index (κ2) is 8.39. The van der Waals surface area contributed by atoms with Crippen molar-refractivity contribution in [3.63, 3.8) is 0 Å². The van der Waals surface area contributed by atoms with Gasteiger partial charge in [-0.25, -0.2) is 9.97 Å². The van der Waals surface area contributed by atoms with Crippen LogP contribution in [-0.2, 0) is 11.9 Å². The van der Waals surface area contributed by atoms with Crippen molar-refractivity contribution in [2.24, 2.45) is 0 Å². The van der Waals surface area contributed by atoms with Crippen molar-refractivity contribution in [2.75, 3.05) is 0 Å². The van der Waals surface area contributed by atoms with E-state index >= 15 is 0 Å². The van der Waals surface area contributed by atoms with Crippen LogP contribution in [0.1, 0.15) is 11.3 Å². The molecule has 3 rings (SSSR count). The maximum Gasteiger partial charge on any atom is 0.433 e. The lowest BCUT2D eigenvalue weighted by atomic mass is 10.1. The molecule has 0 unspecified atom stereocenters. The Morgan fingerprint density at radius 1 is 0.963 bits per heavy atom. The minimum Gasteiger partial charge on any atom is -0.222 e. The van der Waals surface area contributed by atoms with E-state index in [0.29, 0.717) is 21.4 Å². The fraction of sp³-hybridized carbons (Fsp3) is 0.111. The van der Waals surface area contributed by atoms with Gasteiger partial charge in [-0.2, -0.15) is 13.2 Å². The predicted molar refractivity (Wildman–Crippen MR) is 106 cm³/mol. The summed E-state index contributed by atoms with van der Waals surface area (Å²) in [5, 5.41) is 0.950. The zero-order chi connectivity index (χ0) is 19.6. The first-order valence-electron chi connectivity index (χ1n) is 7.51. The maximum absolute atomic E-state index is 13.3. The Morgan fingerprint density at radius 2 is 1.67 bits per heavy atom. The van der Waals surface area contributed by atoms with E-state index in [0.717, 1.165) is 27.9 Å². The number of nitrogens with zero attached hydrogens (tertiary/aromatic N) is 2. The van der Waals surface area contributed by atoms with Gasteiger partial charge in [-0.15, -0.1) is 0 Å². The third-order valence-electron chi connectivity index (χ3n) is 3.51. The molecule has 9 heteroatoms. The molecule has 0 atom stereocenters. The van der Waals surface area contributed by atoms with Crippen LogP contribution in [0.4, 0.5) is 13.2 Å². The average molecular weight is 494 g/mol. The Balaban J connectivity index is 1.94. The summed E-state index contributed by atoms with van der Waals surface area (Å²) in [6.07, 6.45) is -4.57. The van der Waals surface area contributed by atoms with Gasteiger partial charge in [-0.3, -0.25) is 0 Å². The van der Waals surface area contributed by atoms with Gasteiger partial charge in [0.1, 0.15) is 5.69 Å². The van der Waals surface area contributed by atoms with Crippen LogP contribution in [0.3, 0.4) is 0 Å². The first-order valence-corrected chi connectivity index (χ1v) is 10.0. The standard InChI is InChI=1S/C18H10BrCl2F3N2S/c19-12-4-1-10(2-5-12)15-8-16(18(22,23)24)26-17(25-15)27-9-11-3-6-13(20)7-14(11)21/h1-8H,9H2. The third-order valence-corrected chi connectivity index (χ3v) is 5.52. The Labute approximate surface area is 176 Å². The molecule has 0 bridgehead atoms. The van der Waals surface area contributed by atoms with Gasteiger partial charge < -0.3 is 0 Å². The SMILES string of the molecule is FC(F)(F)c1cc(-c2ccc(Br)cc2)nc(SCc2ccc(Cl)cc2Cl)n1. The molecule has 0 aliphatic rings. The summed E-state index contributed by atoms with van der Waals surface area (Å²) in [6.45, 7) is 0. The van der Waals surface area contributed by atoms with Gasteiger partial charge in [0, 0.05) is 25.8 Å². The second-order valence-corrected chi connectivity index (χ2v) is 8.15. The Hall–Kier alpha value is -1.28. The van der Waals surface area contributed by atoms with E-state index in [1.165, 1.54) is 0 Å². The minimum atomic E-state index is -4.57. The molecular formula is C18H10BrCl2F3N2S. The van der Waals surface area contributed by atoms with Crippen LogP contribution in [0.15, 0.2) is 58.2 Å². The van der Waals surface area contributed by atoms with Crippen LogP contribution in [0, 0.1) is 0 Å². The van der Waals surface area contributed by atoms with E-state index < -0.39 is 11.9 Å². The molecule has 2 aromatic carbocycles. The van der Waals surface area contributed by atoms with Crippen molar-refractivity contribution in [1.29, 1.82) is 0 Å². The highest BCUT2D eigenvalue weighted by Gasteiger charge is 2.33. The van der Waals surface area contributed by atoms with Crippen molar-refractivity contribution < 1.29 is 13.2 Å². The highest BCUT2D eigenvalue weighted by Crippen LogP contribution is 2.34. The van der Waals surface area contributed by atoms with Gasteiger partial charge in [0.25, 0.3) is 0 Å². The van der Waals surface area contributed by atoms with Crippen molar-refractivity contribution in [3.8, 4) is 11.3 Å². The molecule has 0 radical (unpaired) electrons. The molecule has 27 heavy (non-hydrogen) atoms. The van der Waals surface area contributed by atoms with Crippen molar-refractivity contribution in [3.05, 3.63) is 74.3 Å². The number of alkyl halides is 3. The summed E-state index contributed by atoms with van der Waals surface area (Å²) < 4.78 is 40.6. The molecule has 0 saturated carbocycles. The molecule has 140 valence electrons. The van der Waals surface area contributed by atoms with E-state index in [9.17, 15) is 13.2 Å². The number of hydrogen-bond acceptors (Lipinski definition) is 3. The summed E-state index contributed by atoms with van der Waals surface area (Å²) >= 11 is 16.4. The molecule has 2 nitrogen and oxygen atoms in total. The maximum atomic E-state index is 13.3. The topological polar surface area (TPSA) is 25.8 Å². The normalized spacial score (nSPS) is 11.6. The van der Waals surface area contributed by atoms with Gasteiger partial charge in [-0.05, 0) is 35.9 Å². The number of benzene rings is 2. The lowest BCUT2D eigenvalue weighted by molar-refractivity contribution is -0.141. The number of aromatic nitrogens is 2. The van der Waals surface area contributed by atoms with Gasteiger partial charge >= 0.3 is 6.18 Å². The molecule has 0 amide bonds. The molecule has 1 heterocycles. The molecule has 0 aliphatic heterocycles. The molecule has 0 saturated heterocycles. The van der Waals surface area contributed by atoms with Crippen LogP contribution in [0.2, 0.25) is 10.0 Å². The molecule has 3 aromatic rings. The first-order chi connectivity index (χ1) is 12.7. The number of rotatable bonds is 4. The predicted octanol–water partition coefficient (Wildman–Crippen LogP) is 7.52. The fourth-order valence-electron chi connectivity index (χ4n) is 2.18. The minimum absolute atomic E-state index is 0.0220. The third kappa shape index (κ3) is 5.38. The molecule has 1 aromatic heterocycles. The van der Waals surface area contributed by atoms with E-state index in [-0.39, 0.29) is 10.9 Å². The smallest absolute Gasteiger partial charge is 0.222 e. The molecular weight excluding hydrogens is 484 g/mol. The highest BCUT2D eigenvalue weighted by atomic mass is 79.9. The number of halogens is 6. The number of hydrogen-bond donors (Lipinski definition) is 0. The molecule has 0 N–H and O–H groups in total. The van der Waals surface area contributed by atoms with Crippen LogP contribution >= 0.6 is 50.9 Å². The zero-order valence-corrected chi connectivity index (χ0v) is 17.3. The van der Waals surface area contributed by atoms with Crippen LogP contribution in [0.5, 0.6) is 0 Å². The van der Waals surface area contributed by atoms with E-state index in [4.69, 9.17) is 23.2 Å². The summed E-state index contributed by atoms with van der Waals surface area (Å²) in [5.74, 6) is 0.317. The Morgan fingerprint density at radius 3 is 2.30 bits per heavy atom. The quantitative estimate of drug-likeness (QED) is 0.277. The summed E-state index contributed by atoms with van der Waals surface area (Å²) in [4.78, 5) is 7.93. The molecule has 0 fully saturated rings. The van der Waals surface area contributed by atoms with Crippen LogP contribution < -0.4 is 0 Å². The van der Waals surface area contributed by atoms with Crippen molar-refractivity contribution >= 4 is 50.9 Å². The van der Waals surface area contributed by atoms with Gasteiger partial charge in [-0.1, -0.05) is 69.1 Å². The lowest BCUT2D eigenvalue weighted by Crippen LogP contribution is -2.10. The monoisotopic (exact) mass is 492 g/mol. The largest absolute Gasteiger partial charge is 0.433 e.